The van der Waals surface area contributed by atoms with Gasteiger partial charge in [-0.1, -0.05) is 47.7 Å². The molecule has 0 unspecified atom stereocenters. The molecule has 1 atom stereocenters. The molecule has 0 amide bonds. The van der Waals surface area contributed by atoms with E-state index < -0.39 is 12.0 Å². The summed E-state index contributed by atoms with van der Waals surface area (Å²) < 4.78 is 30.5. The van der Waals surface area contributed by atoms with E-state index in [-0.39, 0.29) is 24.3 Å². The third-order valence-corrected chi connectivity index (χ3v) is 8.32. The highest BCUT2D eigenvalue weighted by Crippen LogP contribution is 2.41. The number of allylic oxidation sites excluding steroid dienone is 1. The molecule has 4 aromatic rings. The van der Waals surface area contributed by atoms with Crippen LogP contribution >= 0.6 is 11.3 Å². The Morgan fingerprint density at radius 1 is 1.00 bits per heavy atom. The van der Waals surface area contributed by atoms with Gasteiger partial charge in [0.1, 0.15) is 12.6 Å². The van der Waals surface area contributed by atoms with Crippen LogP contribution in [0.4, 0.5) is 0 Å². The van der Waals surface area contributed by atoms with Crippen LogP contribution in [-0.2, 0) is 16.1 Å². The van der Waals surface area contributed by atoms with Crippen molar-refractivity contribution < 1.29 is 28.5 Å². The number of benzene rings is 3. The van der Waals surface area contributed by atoms with Crippen LogP contribution in [0.5, 0.6) is 23.0 Å². The van der Waals surface area contributed by atoms with Crippen LogP contribution < -0.4 is 33.8 Å². The average molecular weight is 640 g/mol. The normalized spacial score (nSPS) is 14.2. The second kappa shape index (κ2) is 14.2. The van der Waals surface area contributed by atoms with E-state index >= 15 is 0 Å². The van der Waals surface area contributed by atoms with Gasteiger partial charge >= 0.3 is 5.97 Å². The number of thiazole rings is 1. The van der Waals surface area contributed by atoms with E-state index in [2.05, 4.69) is 11.1 Å². The van der Waals surface area contributed by atoms with Crippen molar-refractivity contribution in [3.8, 4) is 29.1 Å². The third-order valence-electron chi connectivity index (χ3n) is 7.34. The quantitative estimate of drug-likeness (QED) is 0.217. The molecule has 0 N–H and O–H groups in total. The molecule has 46 heavy (non-hydrogen) atoms. The standard InChI is InChI=1S/C35H33N3O7S/c1-6-43-32-25(13-10-14-27(32)41-4)31-30(34(40)44-7-2)21(3)37-35-38(31)33(39)29(46-35)18-22-15-16-26(28(17-22)42-5)45-20-24-12-9-8-11-23(24)19-36/h8-18,31H,6-7,20H2,1-5H3/b29-18+/t31-/m0/s1. The summed E-state index contributed by atoms with van der Waals surface area (Å²) in [6.07, 6.45) is 1.75. The van der Waals surface area contributed by atoms with E-state index in [1.54, 1.807) is 56.3 Å². The van der Waals surface area contributed by atoms with Crippen molar-refractivity contribution in [2.45, 2.75) is 33.4 Å². The van der Waals surface area contributed by atoms with Crippen molar-refractivity contribution >= 4 is 23.4 Å². The number of nitriles is 1. The maximum absolute atomic E-state index is 14.2. The molecule has 1 aliphatic rings. The molecule has 0 aliphatic carbocycles. The highest BCUT2D eigenvalue weighted by molar-refractivity contribution is 7.07. The van der Waals surface area contributed by atoms with Crippen molar-refractivity contribution in [2.75, 3.05) is 27.4 Å². The Morgan fingerprint density at radius 3 is 2.50 bits per heavy atom. The number of fused-ring (bicyclic) bond motifs is 1. The first-order chi connectivity index (χ1) is 22.3. The predicted octanol–water partition coefficient (Wildman–Crippen LogP) is 4.66. The number of methoxy groups -OCH3 is 2. The summed E-state index contributed by atoms with van der Waals surface area (Å²) in [6.45, 7) is 6.01. The Balaban J connectivity index is 1.60. The van der Waals surface area contributed by atoms with Crippen LogP contribution in [0.1, 0.15) is 49.1 Å². The van der Waals surface area contributed by atoms with Crippen LogP contribution in [-0.4, -0.2) is 38.0 Å². The van der Waals surface area contributed by atoms with Crippen LogP contribution in [0.2, 0.25) is 0 Å². The van der Waals surface area contributed by atoms with Gasteiger partial charge in [-0.05, 0) is 56.7 Å². The molecule has 11 heteroatoms. The third kappa shape index (κ3) is 6.25. The number of hydrogen-bond acceptors (Lipinski definition) is 10. The van der Waals surface area contributed by atoms with Gasteiger partial charge in [-0.25, -0.2) is 9.79 Å². The first-order valence-electron chi connectivity index (χ1n) is 14.6. The molecule has 0 saturated heterocycles. The smallest absolute Gasteiger partial charge is 0.338 e. The summed E-state index contributed by atoms with van der Waals surface area (Å²) in [5, 5.41) is 9.39. The number of nitrogens with zero attached hydrogens (tertiary/aromatic N) is 3. The van der Waals surface area contributed by atoms with Gasteiger partial charge in [-0.2, -0.15) is 5.26 Å². The van der Waals surface area contributed by atoms with Gasteiger partial charge in [0.05, 0.1) is 54.9 Å². The van der Waals surface area contributed by atoms with Gasteiger partial charge in [0.25, 0.3) is 5.56 Å². The van der Waals surface area contributed by atoms with Crippen molar-refractivity contribution in [1.82, 2.24) is 4.57 Å². The lowest BCUT2D eigenvalue weighted by molar-refractivity contribution is -0.139. The largest absolute Gasteiger partial charge is 0.493 e. The number of aromatic nitrogens is 1. The van der Waals surface area contributed by atoms with Crippen LogP contribution in [0.15, 0.2) is 81.7 Å². The van der Waals surface area contributed by atoms with E-state index in [1.165, 1.54) is 30.1 Å². The van der Waals surface area contributed by atoms with Gasteiger partial charge in [-0.3, -0.25) is 9.36 Å². The first-order valence-corrected chi connectivity index (χ1v) is 15.4. The van der Waals surface area contributed by atoms with Crippen LogP contribution in [0.25, 0.3) is 6.08 Å². The Morgan fingerprint density at radius 2 is 1.78 bits per heavy atom. The monoisotopic (exact) mass is 639 g/mol. The number of para-hydroxylation sites is 1. The molecule has 5 rings (SSSR count). The lowest BCUT2D eigenvalue weighted by atomic mass is 9.94. The summed E-state index contributed by atoms with van der Waals surface area (Å²) in [5.41, 5.74) is 2.93. The molecule has 0 radical (unpaired) electrons. The summed E-state index contributed by atoms with van der Waals surface area (Å²) in [5.74, 6) is 1.30. The van der Waals surface area contributed by atoms with E-state index in [0.29, 0.717) is 61.3 Å². The summed E-state index contributed by atoms with van der Waals surface area (Å²) >= 11 is 1.21. The molecule has 0 bridgehead atoms. The van der Waals surface area contributed by atoms with Gasteiger partial charge in [0, 0.05) is 11.1 Å². The molecule has 3 aromatic carbocycles. The Kier molecular flexibility index (Phi) is 9.88. The molecule has 0 fully saturated rings. The molecule has 1 aliphatic heterocycles. The maximum atomic E-state index is 14.2. The highest BCUT2D eigenvalue weighted by Gasteiger charge is 2.36. The number of carbonyl (C=O) groups excluding carboxylic acids is 1. The molecule has 10 nitrogen and oxygen atoms in total. The average Bonchev–Trinajstić information content (AvgIpc) is 3.37. The zero-order valence-corrected chi connectivity index (χ0v) is 27.0. The molecule has 2 heterocycles. The molecule has 0 spiro atoms. The topological polar surface area (TPSA) is 121 Å². The summed E-state index contributed by atoms with van der Waals surface area (Å²) in [7, 11) is 3.07. The zero-order valence-electron chi connectivity index (χ0n) is 26.2. The molecule has 1 aromatic heterocycles. The Labute approximate surface area is 270 Å². The SMILES string of the molecule is CCOC(=O)C1=C(C)N=c2s/c(=C/c3ccc(OCc4ccccc4C#N)c(OC)c3)c(=O)n2[C@H]1c1cccc(OC)c1OCC. The predicted molar refractivity (Wildman–Crippen MR) is 173 cm³/mol. The van der Waals surface area contributed by atoms with Crippen LogP contribution in [0.3, 0.4) is 0 Å². The minimum Gasteiger partial charge on any atom is -0.493 e. The second-order valence-corrected chi connectivity index (χ2v) is 11.1. The van der Waals surface area contributed by atoms with E-state index in [9.17, 15) is 14.9 Å². The minimum atomic E-state index is -0.865. The fourth-order valence-corrected chi connectivity index (χ4v) is 6.30. The van der Waals surface area contributed by atoms with Gasteiger partial charge in [-0.15, -0.1) is 0 Å². The van der Waals surface area contributed by atoms with Gasteiger partial charge in [0.2, 0.25) is 0 Å². The van der Waals surface area contributed by atoms with Crippen molar-refractivity contribution in [1.29, 1.82) is 5.26 Å². The van der Waals surface area contributed by atoms with Crippen molar-refractivity contribution in [3.63, 3.8) is 0 Å². The molecular weight excluding hydrogens is 606 g/mol. The van der Waals surface area contributed by atoms with Crippen LogP contribution in [0, 0.1) is 11.3 Å². The molecular formula is C35H33N3O7S. The number of hydrogen-bond donors (Lipinski definition) is 0. The number of rotatable bonds is 11. The molecule has 236 valence electrons. The lowest BCUT2D eigenvalue weighted by Crippen LogP contribution is -2.40. The zero-order chi connectivity index (χ0) is 32.8. The number of esters is 1. The minimum absolute atomic E-state index is 0.162. The van der Waals surface area contributed by atoms with Gasteiger partial charge < -0.3 is 23.7 Å². The second-order valence-electron chi connectivity index (χ2n) is 10.1. The maximum Gasteiger partial charge on any atom is 0.338 e. The lowest BCUT2D eigenvalue weighted by Gasteiger charge is -2.26. The Bertz CT molecular complexity index is 2040. The van der Waals surface area contributed by atoms with Crippen molar-refractivity contribution in [2.24, 2.45) is 4.99 Å². The number of carbonyl (C=O) groups is 1. The first kappa shape index (κ1) is 32.1. The highest BCUT2D eigenvalue weighted by atomic mass is 32.1. The van der Waals surface area contributed by atoms with E-state index in [4.69, 9.17) is 23.7 Å². The summed E-state index contributed by atoms with van der Waals surface area (Å²) in [4.78, 5) is 32.6. The van der Waals surface area contributed by atoms with Crippen molar-refractivity contribution in [3.05, 3.63) is 114 Å². The molecule has 0 saturated carbocycles. The summed E-state index contributed by atoms with van der Waals surface area (Å²) in [6, 6.07) is 19.2. The fraction of sp³-hybridized carbons (Fsp3) is 0.257. The Hall–Kier alpha value is -5.34. The van der Waals surface area contributed by atoms with E-state index in [1.807, 2.05) is 31.2 Å². The van der Waals surface area contributed by atoms with E-state index in [0.717, 1.165) is 5.56 Å². The van der Waals surface area contributed by atoms with Gasteiger partial charge in [0.15, 0.2) is 27.8 Å². The fourth-order valence-electron chi connectivity index (χ4n) is 5.25. The number of ether oxygens (including phenoxy) is 5.